The molecular formula is C12H20N4O. The van der Waals surface area contributed by atoms with Gasteiger partial charge in [0.15, 0.2) is 0 Å². The summed E-state index contributed by atoms with van der Waals surface area (Å²) in [6.07, 6.45) is 5.87. The Hall–Kier alpha value is -1.36. The van der Waals surface area contributed by atoms with Gasteiger partial charge in [0, 0.05) is 19.3 Å². The first-order chi connectivity index (χ1) is 8.29. The van der Waals surface area contributed by atoms with Crippen LogP contribution in [0.5, 0.6) is 0 Å². The molecule has 0 radical (unpaired) electrons. The quantitative estimate of drug-likeness (QED) is 0.806. The Bertz CT molecular complexity index is 368. The fraction of sp³-hybridized carbons (Fsp3) is 0.667. The molecule has 1 amide bonds. The molecule has 1 saturated heterocycles. The number of amides is 1. The fourth-order valence-electron chi connectivity index (χ4n) is 2.17. The van der Waals surface area contributed by atoms with Gasteiger partial charge in [-0.15, -0.1) is 0 Å². The van der Waals surface area contributed by atoms with Crippen LogP contribution in [0.4, 0.5) is 0 Å². The summed E-state index contributed by atoms with van der Waals surface area (Å²) in [7, 11) is 0. The summed E-state index contributed by atoms with van der Waals surface area (Å²) in [5.74, 6) is 0.641. The largest absolute Gasteiger partial charge is 0.352 e. The van der Waals surface area contributed by atoms with E-state index in [-0.39, 0.29) is 5.91 Å². The third-order valence-corrected chi connectivity index (χ3v) is 3.14. The molecule has 0 spiro atoms. The molecule has 5 heteroatoms. The maximum absolute atomic E-state index is 11.6. The number of carbonyl (C=O) groups is 1. The Balaban J connectivity index is 1.91. The minimum absolute atomic E-state index is 0.0379. The average Bonchev–Trinajstić information content (AvgIpc) is 2.79. The fourth-order valence-corrected chi connectivity index (χ4v) is 2.17. The van der Waals surface area contributed by atoms with Crippen molar-refractivity contribution in [3.63, 3.8) is 0 Å². The Kier molecular flexibility index (Phi) is 4.14. The maximum Gasteiger partial charge on any atom is 0.254 e. The van der Waals surface area contributed by atoms with Gasteiger partial charge >= 0.3 is 0 Å². The minimum atomic E-state index is -0.0379. The van der Waals surface area contributed by atoms with Crippen molar-refractivity contribution in [1.82, 2.24) is 20.4 Å². The van der Waals surface area contributed by atoms with Gasteiger partial charge < -0.3 is 10.6 Å². The topological polar surface area (TPSA) is 59.0 Å². The summed E-state index contributed by atoms with van der Waals surface area (Å²) in [5.41, 5.74) is 0.654. The lowest BCUT2D eigenvalue weighted by Gasteiger charge is -2.22. The zero-order valence-corrected chi connectivity index (χ0v) is 10.3. The number of hydrogen-bond donors (Lipinski definition) is 2. The van der Waals surface area contributed by atoms with E-state index in [0.29, 0.717) is 18.0 Å². The molecule has 1 aliphatic rings. The predicted molar refractivity (Wildman–Crippen MR) is 65.8 cm³/mol. The van der Waals surface area contributed by atoms with E-state index in [1.165, 1.54) is 12.8 Å². The van der Waals surface area contributed by atoms with Crippen molar-refractivity contribution in [1.29, 1.82) is 0 Å². The molecule has 2 heterocycles. The van der Waals surface area contributed by atoms with Crippen LogP contribution in [0.15, 0.2) is 12.4 Å². The van der Waals surface area contributed by atoms with E-state index in [2.05, 4.69) is 15.7 Å². The molecule has 1 aromatic heterocycles. The second-order valence-electron chi connectivity index (χ2n) is 4.50. The van der Waals surface area contributed by atoms with Crippen molar-refractivity contribution in [2.75, 3.05) is 19.6 Å². The van der Waals surface area contributed by atoms with Gasteiger partial charge in [-0.25, -0.2) is 0 Å². The van der Waals surface area contributed by atoms with Crippen LogP contribution in [0.25, 0.3) is 0 Å². The molecule has 0 atom stereocenters. The van der Waals surface area contributed by atoms with E-state index in [1.807, 2.05) is 17.8 Å². The number of aromatic nitrogens is 2. The Morgan fingerprint density at radius 3 is 3.06 bits per heavy atom. The molecule has 0 unspecified atom stereocenters. The molecule has 0 aromatic carbocycles. The first-order valence-corrected chi connectivity index (χ1v) is 6.31. The monoisotopic (exact) mass is 236 g/mol. The second-order valence-corrected chi connectivity index (χ2v) is 4.50. The molecule has 2 N–H and O–H groups in total. The molecule has 0 saturated carbocycles. The highest BCUT2D eigenvalue weighted by Gasteiger charge is 2.15. The van der Waals surface area contributed by atoms with Crippen molar-refractivity contribution in [3.8, 4) is 0 Å². The molecule has 1 aromatic rings. The normalized spacial score (nSPS) is 17.0. The number of nitrogens with one attached hydrogen (secondary N) is 2. The highest BCUT2D eigenvalue weighted by molar-refractivity contribution is 5.93. The molecule has 1 aliphatic heterocycles. The van der Waals surface area contributed by atoms with E-state index in [1.54, 1.807) is 6.20 Å². The molecule has 0 aliphatic carbocycles. The SMILES string of the molecule is CCNC(=O)c1cnn(CC2CCNCC2)c1. The van der Waals surface area contributed by atoms with Crippen molar-refractivity contribution >= 4 is 5.91 Å². The van der Waals surface area contributed by atoms with Crippen molar-refractivity contribution in [3.05, 3.63) is 18.0 Å². The minimum Gasteiger partial charge on any atom is -0.352 e. The van der Waals surface area contributed by atoms with E-state index in [0.717, 1.165) is 19.6 Å². The number of carbonyl (C=O) groups excluding carboxylic acids is 1. The molecule has 94 valence electrons. The Morgan fingerprint density at radius 2 is 2.35 bits per heavy atom. The lowest BCUT2D eigenvalue weighted by atomic mass is 9.98. The zero-order chi connectivity index (χ0) is 12.1. The van der Waals surface area contributed by atoms with Crippen molar-refractivity contribution in [2.24, 2.45) is 5.92 Å². The number of piperidine rings is 1. The lowest BCUT2D eigenvalue weighted by molar-refractivity contribution is 0.0955. The van der Waals surface area contributed by atoms with Gasteiger partial charge in [-0.1, -0.05) is 0 Å². The number of hydrogen-bond acceptors (Lipinski definition) is 3. The smallest absolute Gasteiger partial charge is 0.254 e. The van der Waals surface area contributed by atoms with E-state index < -0.39 is 0 Å². The van der Waals surface area contributed by atoms with Crippen LogP contribution in [-0.2, 0) is 6.54 Å². The van der Waals surface area contributed by atoms with Gasteiger partial charge in [0.2, 0.25) is 0 Å². The summed E-state index contributed by atoms with van der Waals surface area (Å²) < 4.78 is 1.89. The van der Waals surface area contributed by atoms with Gasteiger partial charge in [-0.3, -0.25) is 9.48 Å². The van der Waals surface area contributed by atoms with E-state index >= 15 is 0 Å². The third-order valence-electron chi connectivity index (χ3n) is 3.14. The lowest BCUT2D eigenvalue weighted by Crippen LogP contribution is -2.30. The van der Waals surface area contributed by atoms with E-state index in [9.17, 15) is 4.79 Å². The van der Waals surface area contributed by atoms with Crippen LogP contribution in [0.3, 0.4) is 0 Å². The maximum atomic E-state index is 11.6. The number of rotatable bonds is 4. The first kappa shape index (κ1) is 12.1. The summed E-state index contributed by atoms with van der Waals surface area (Å²) in [6, 6.07) is 0. The molecular weight excluding hydrogens is 216 g/mol. The standard InChI is InChI=1S/C12H20N4O/c1-2-14-12(17)11-7-15-16(9-11)8-10-3-5-13-6-4-10/h7,9-10,13H,2-6,8H2,1H3,(H,14,17). The Labute approximate surface area is 102 Å². The average molecular weight is 236 g/mol. The van der Waals surface area contributed by atoms with Crippen LogP contribution in [0.2, 0.25) is 0 Å². The van der Waals surface area contributed by atoms with Gasteiger partial charge in [0.1, 0.15) is 0 Å². The highest BCUT2D eigenvalue weighted by Crippen LogP contribution is 2.14. The molecule has 17 heavy (non-hydrogen) atoms. The van der Waals surface area contributed by atoms with Crippen LogP contribution >= 0.6 is 0 Å². The molecule has 2 rings (SSSR count). The predicted octanol–water partition coefficient (Wildman–Crippen LogP) is 0.632. The van der Waals surface area contributed by atoms with Gasteiger partial charge in [-0.2, -0.15) is 5.10 Å². The van der Waals surface area contributed by atoms with Crippen LogP contribution in [-0.4, -0.2) is 35.3 Å². The summed E-state index contributed by atoms with van der Waals surface area (Å²) >= 11 is 0. The van der Waals surface area contributed by atoms with E-state index in [4.69, 9.17) is 0 Å². The van der Waals surface area contributed by atoms with Gasteiger partial charge in [-0.05, 0) is 38.8 Å². The van der Waals surface area contributed by atoms with Crippen molar-refractivity contribution in [2.45, 2.75) is 26.3 Å². The Morgan fingerprint density at radius 1 is 1.59 bits per heavy atom. The summed E-state index contributed by atoms with van der Waals surface area (Å²) in [5, 5.41) is 10.4. The van der Waals surface area contributed by atoms with Crippen LogP contribution < -0.4 is 10.6 Å². The summed E-state index contributed by atoms with van der Waals surface area (Å²) in [6.45, 7) is 5.67. The van der Waals surface area contributed by atoms with Gasteiger partial charge in [0.25, 0.3) is 5.91 Å². The van der Waals surface area contributed by atoms with Crippen LogP contribution in [0.1, 0.15) is 30.1 Å². The second kappa shape index (κ2) is 5.82. The van der Waals surface area contributed by atoms with Gasteiger partial charge in [0.05, 0.1) is 11.8 Å². The van der Waals surface area contributed by atoms with Crippen LogP contribution in [0, 0.1) is 5.92 Å². The number of nitrogens with zero attached hydrogens (tertiary/aromatic N) is 2. The first-order valence-electron chi connectivity index (χ1n) is 6.31. The molecule has 0 bridgehead atoms. The zero-order valence-electron chi connectivity index (χ0n) is 10.3. The van der Waals surface area contributed by atoms with Crippen molar-refractivity contribution < 1.29 is 4.79 Å². The highest BCUT2D eigenvalue weighted by atomic mass is 16.1. The molecule has 5 nitrogen and oxygen atoms in total. The summed E-state index contributed by atoms with van der Waals surface area (Å²) in [4.78, 5) is 11.6. The molecule has 1 fully saturated rings. The third kappa shape index (κ3) is 3.30.